The second-order valence-electron chi connectivity index (χ2n) is 6.78. The van der Waals surface area contributed by atoms with E-state index in [2.05, 4.69) is 25.9 Å². The molecule has 9 heteroatoms. The molecule has 0 atom stereocenters. The standard InChI is InChI=1S/C23H21BrN4O4/c1-29-17-6-5-12(7-15(17)24)14-10-16(28-23-20(14)22(25)26-11-27-23)13-8-18(30-2)21(32-4)19(9-13)31-3/h5-11H,1-4H3,(H2,25,26,27,28). The third-order valence-corrected chi connectivity index (χ3v) is 5.68. The molecule has 0 saturated carbocycles. The second-order valence-corrected chi connectivity index (χ2v) is 7.63. The first-order valence-electron chi connectivity index (χ1n) is 9.56. The van der Waals surface area contributed by atoms with Gasteiger partial charge in [-0.25, -0.2) is 15.0 Å². The Labute approximate surface area is 193 Å². The van der Waals surface area contributed by atoms with Gasteiger partial charge in [-0.05, 0) is 57.4 Å². The molecule has 0 unspecified atom stereocenters. The number of hydrogen-bond acceptors (Lipinski definition) is 8. The molecule has 0 amide bonds. The Morgan fingerprint density at radius 2 is 1.47 bits per heavy atom. The minimum absolute atomic E-state index is 0.348. The van der Waals surface area contributed by atoms with Crippen LogP contribution in [0.4, 0.5) is 5.82 Å². The number of fused-ring (bicyclic) bond motifs is 1. The van der Waals surface area contributed by atoms with Crippen molar-refractivity contribution < 1.29 is 18.9 Å². The predicted molar refractivity (Wildman–Crippen MR) is 127 cm³/mol. The number of benzene rings is 2. The lowest BCUT2D eigenvalue weighted by Crippen LogP contribution is -2.00. The molecule has 164 valence electrons. The molecule has 0 aliphatic rings. The van der Waals surface area contributed by atoms with Crippen LogP contribution in [-0.2, 0) is 0 Å². The number of nitrogens with zero attached hydrogens (tertiary/aromatic N) is 3. The summed E-state index contributed by atoms with van der Waals surface area (Å²) < 4.78 is 22.6. The Kier molecular flexibility index (Phi) is 6.00. The Morgan fingerprint density at radius 1 is 0.781 bits per heavy atom. The molecule has 4 rings (SSSR count). The SMILES string of the molecule is COc1ccc(-c2cc(-c3cc(OC)c(OC)c(OC)c3)nc3ncnc(N)c23)cc1Br. The zero-order valence-corrected chi connectivity index (χ0v) is 19.6. The van der Waals surface area contributed by atoms with Crippen LogP contribution in [-0.4, -0.2) is 43.4 Å². The maximum Gasteiger partial charge on any atom is 0.203 e. The van der Waals surface area contributed by atoms with Gasteiger partial charge in [0.25, 0.3) is 0 Å². The average Bonchev–Trinajstić information content (AvgIpc) is 2.82. The van der Waals surface area contributed by atoms with Crippen LogP contribution in [0.5, 0.6) is 23.0 Å². The molecule has 32 heavy (non-hydrogen) atoms. The monoisotopic (exact) mass is 496 g/mol. The van der Waals surface area contributed by atoms with Gasteiger partial charge in [-0.3, -0.25) is 0 Å². The Bertz CT molecular complexity index is 1290. The van der Waals surface area contributed by atoms with Gasteiger partial charge >= 0.3 is 0 Å². The van der Waals surface area contributed by atoms with Gasteiger partial charge in [0, 0.05) is 5.56 Å². The predicted octanol–water partition coefficient (Wildman–Crippen LogP) is 4.74. The van der Waals surface area contributed by atoms with Crippen LogP contribution < -0.4 is 24.7 Å². The molecule has 0 radical (unpaired) electrons. The van der Waals surface area contributed by atoms with Crippen molar-refractivity contribution in [1.29, 1.82) is 0 Å². The summed E-state index contributed by atoms with van der Waals surface area (Å²) in [6, 6.07) is 11.4. The first kappa shape index (κ1) is 21.6. The minimum atomic E-state index is 0.348. The molecule has 2 aromatic carbocycles. The van der Waals surface area contributed by atoms with Crippen LogP contribution in [0.3, 0.4) is 0 Å². The van der Waals surface area contributed by atoms with Crippen molar-refractivity contribution in [3.63, 3.8) is 0 Å². The van der Waals surface area contributed by atoms with Crippen LogP contribution in [0.25, 0.3) is 33.4 Å². The highest BCUT2D eigenvalue weighted by molar-refractivity contribution is 9.10. The van der Waals surface area contributed by atoms with E-state index in [-0.39, 0.29) is 0 Å². The van der Waals surface area contributed by atoms with Crippen molar-refractivity contribution in [2.75, 3.05) is 34.2 Å². The zero-order chi connectivity index (χ0) is 22.8. The first-order chi connectivity index (χ1) is 15.5. The minimum Gasteiger partial charge on any atom is -0.496 e. The van der Waals surface area contributed by atoms with Gasteiger partial charge in [-0.2, -0.15) is 0 Å². The quantitative estimate of drug-likeness (QED) is 0.408. The molecule has 0 saturated heterocycles. The summed E-state index contributed by atoms with van der Waals surface area (Å²) >= 11 is 3.55. The number of methoxy groups -OCH3 is 4. The molecule has 0 aliphatic heterocycles. The van der Waals surface area contributed by atoms with E-state index in [1.807, 2.05) is 36.4 Å². The van der Waals surface area contributed by atoms with Crippen molar-refractivity contribution in [2.45, 2.75) is 0 Å². The number of nitrogens with two attached hydrogens (primary N) is 1. The van der Waals surface area contributed by atoms with E-state index in [9.17, 15) is 0 Å². The smallest absolute Gasteiger partial charge is 0.203 e. The second kappa shape index (κ2) is 8.88. The van der Waals surface area contributed by atoms with E-state index in [1.165, 1.54) is 6.33 Å². The largest absolute Gasteiger partial charge is 0.496 e. The molecule has 2 aromatic heterocycles. The normalized spacial score (nSPS) is 10.8. The Morgan fingerprint density at radius 3 is 2.06 bits per heavy atom. The number of anilines is 1. The molecule has 8 nitrogen and oxygen atoms in total. The summed E-state index contributed by atoms with van der Waals surface area (Å²) in [4.78, 5) is 13.3. The van der Waals surface area contributed by atoms with Gasteiger partial charge in [-0.1, -0.05) is 6.07 Å². The molecular formula is C23H21BrN4O4. The van der Waals surface area contributed by atoms with Crippen molar-refractivity contribution in [1.82, 2.24) is 15.0 Å². The highest BCUT2D eigenvalue weighted by Gasteiger charge is 2.18. The summed E-state index contributed by atoms with van der Waals surface area (Å²) in [5.41, 5.74) is 9.87. The van der Waals surface area contributed by atoms with Gasteiger partial charge in [0.2, 0.25) is 5.75 Å². The maximum atomic E-state index is 6.22. The summed E-state index contributed by atoms with van der Waals surface area (Å²) in [6.07, 6.45) is 1.40. The average molecular weight is 497 g/mol. The fourth-order valence-electron chi connectivity index (χ4n) is 3.53. The van der Waals surface area contributed by atoms with E-state index >= 15 is 0 Å². The van der Waals surface area contributed by atoms with Gasteiger partial charge < -0.3 is 24.7 Å². The van der Waals surface area contributed by atoms with E-state index in [0.717, 1.165) is 26.9 Å². The van der Waals surface area contributed by atoms with E-state index in [4.69, 9.17) is 29.7 Å². The highest BCUT2D eigenvalue weighted by Crippen LogP contribution is 2.42. The number of hydrogen-bond donors (Lipinski definition) is 1. The van der Waals surface area contributed by atoms with Crippen LogP contribution in [0.15, 0.2) is 47.2 Å². The lowest BCUT2D eigenvalue weighted by molar-refractivity contribution is 0.324. The Hall–Kier alpha value is -3.59. The molecular weight excluding hydrogens is 476 g/mol. The number of halogens is 1. The van der Waals surface area contributed by atoms with Crippen LogP contribution in [0, 0.1) is 0 Å². The molecule has 4 aromatic rings. The van der Waals surface area contributed by atoms with Crippen LogP contribution >= 0.6 is 15.9 Å². The van der Waals surface area contributed by atoms with E-state index in [1.54, 1.807) is 28.4 Å². The first-order valence-corrected chi connectivity index (χ1v) is 10.4. The summed E-state index contributed by atoms with van der Waals surface area (Å²) in [7, 11) is 6.33. The van der Waals surface area contributed by atoms with Gasteiger partial charge in [-0.15, -0.1) is 0 Å². The van der Waals surface area contributed by atoms with E-state index in [0.29, 0.717) is 39.8 Å². The number of rotatable bonds is 6. The van der Waals surface area contributed by atoms with E-state index < -0.39 is 0 Å². The lowest BCUT2D eigenvalue weighted by Gasteiger charge is -2.15. The van der Waals surface area contributed by atoms with Crippen molar-refractivity contribution in [2.24, 2.45) is 0 Å². The third-order valence-electron chi connectivity index (χ3n) is 5.06. The number of aromatic nitrogens is 3. The highest BCUT2D eigenvalue weighted by atomic mass is 79.9. The fourth-order valence-corrected chi connectivity index (χ4v) is 4.07. The molecule has 0 bridgehead atoms. The Balaban J connectivity index is 2.00. The third kappa shape index (κ3) is 3.75. The number of ether oxygens (including phenoxy) is 4. The van der Waals surface area contributed by atoms with Gasteiger partial charge in [0.1, 0.15) is 17.9 Å². The summed E-state index contributed by atoms with van der Waals surface area (Å²) in [5, 5.41) is 0.667. The van der Waals surface area contributed by atoms with Crippen LogP contribution in [0.2, 0.25) is 0 Å². The number of pyridine rings is 1. The summed E-state index contributed by atoms with van der Waals surface area (Å²) in [5.74, 6) is 2.63. The number of nitrogen functional groups attached to an aromatic ring is 1. The van der Waals surface area contributed by atoms with Crippen molar-refractivity contribution in [3.8, 4) is 45.4 Å². The van der Waals surface area contributed by atoms with Crippen molar-refractivity contribution >= 4 is 32.8 Å². The molecule has 0 aliphatic carbocycles. The zero-order valence-electron chi connectivity index (χ0n) is 18.0. The molecule has 2 N–H and O–H groups in total. The molecule has 2 heterocycles. The molecule has 0 spiro atoms. The maximum absolute atomic E-state index is 6.22. The fraction of sp³-hybridized carbons (Fsp3) is 0.174. The summed E-state index contributed by atoms with van der Waals surface area (Å²) in [6.45, 7) is 0. The molecule has 0 fully saturated rings. The van der Waals surface area contributed by atoms with Crippen LogP contribution in [0.1, 0.15) is 0 Å². The van der Waals surface area contributed by atoms with Gasteiger partial charge in [0.05, 0.1) is 44.0 Å². The van der Waals surface area contributed by atoms with Crippen molar-refractivity contribution in [3.05, 3.63) is 47.2 Å². The van der Waals surface area contributed by atoms with Gasteiger partial charge in [0.15, 0.2) is 17.1 Å². The topological polar surface area (TPSA) is 102 Å². The lowest BCUT2D eigenvalue weighted by atomic mass is 9.99.